The summed E-state index contributed by atoms with van der Waals surface area (Å²) >= 11 is 0. The predicted molar refractivity (Wildman–Crippen MR) is 96.0 cm³/mol. The molecule has 0 aliphatic heterocycles. The smallest absolute Gasteiger partial charge is 0.295 e. The van der Waals surface area contributed by atoms with Crippen molar-refractivity contribution < 1.29 is 22.6 Å². The van der Waals surface area contributed by atoms with Crippen LogP contribution >= 0.6 is 0 Å². The van der Waals surface area contributed by atoms with E-state index in [-0.39, 0.29) is 16.8 Å². The van der Waals surface area contributed by atoms with Crippen molar-refractivity contribution in [1.82, 2.24) is 5.23 Å². The Hall–Kier alpha value is -3.25. The summed E-state index contributed by atoms with van der Waals surface area (Å²) in [6, 6.07) is 5.71. The standard InChI is InChI=1S/C16H9N3O7S/c20-14-7-9(19(22)23)5-6-12(14)17-18-13-8-15(27(24,25)26)10-3-1-2-4-11(10)16(13)21/h1-8H,(H,24,25,26)/q-2. The highest BCUT2D eigenvalue weighted by atomic mass is 32.2. The summed E-state index contributed by atoms with van der Waals surface area (Å²) in [6.45, 7) is 0. The summed E-state index contributed by atoms with van der Waals surface area (Å²) in [5, 5.41) is 27.7. The monoisotopic (exact) mass is 387 g/mol. The van der Waals surface area contributed by atoms with Crippen LogP contribution in [-0.4, -0.2) is 41.2 Å². The topological polar surface area (TPSA) is 163 Å². The normalized spacial score (nSPS) is 19.8. The number of Topliss-reactive ketones (excluding diaryl/α,β-unsaturated/α-hetero) is 1. The fraction of sp³-hybridized carbons (Fsp3) is 0. The van der Waals surface area contributed by atoms with E-state index >= 15 is 0 Å². The van der Waals surface area contributed by atoms with Crippen molar-refractivity contribution in [2.24, 2.45) is 10.2 Å². The lowest BCUT2D eigenvalue weighted by atomic mass is 9.95. The summed E-state index contributed by atoms with van der Waals surface area (Å²) in [5.74, 6) is -1.45. The molecule has 0 atom stereocenters. The second-order valence-electron chi connectivity index (χ2n) is 5.35. The number of rotatable bonds is 3. The number of fused-ring (bicyclic) bond motifs is 1. The zero-order valence-electron chi connectivity index (χ0n) is 13.3. The summed E-state index contributed by atoms with van der Waals surface area (Å²) in [7, 11) is -4.65. The van der Waals surface area contributed by atoms with Gasteiger partial charge >= 0.3 is 0 Å². The summed E-state index contributed by atoms with van der Waals surface area (Å²) in [4.78, 5) is 23.7. The van der Waals surface area contributed by atoms with Gasteiger partial charge in [0.2, 0.25) is 11.6 Å². The lowest BCUT2D eigenvalue weighted by Crippen LogP contribution is -2.22. The van der Waals surface area contributed by atoms with Crippen LogP contribution in [0.1, 0.15) is 15.9 Å². The molecule has 27 heavy (non-hydrogen) atoms. The van der Waals surface area contributed by atoms with E-state index in [9.17, 15) is 33.0 Å². The molecule has 138 valence electrons. The Labute approximate surface area is 152 Å². The Morgan fingerprint density at radius 2 is 1.56 bits per heavy atom. The lowest BCUT2D eigenvalue weighted by molar-refractivity contribution is -0.108. The highest BCUT2D eigenvalue weighted by Gasteiger charge is 2.30. The maximum atomic E-state index is 12.5. The molecule has 0 saturated heterocycles. The number of hydrogen-bond acceptors (Lipinski definition) is 9. The molecule has 11 heteroatoms. The first-order valence-electron chi connectivity index (χ1n) is 7.26. The van der Waals surface area contributed by atoms with E-state index in [0.717, 1.165) is 24.3 Å². The molecular formula is C16H9N3O7S-2. The number of allylic oxidation sites excluding steroid dienone is 4. The molecule has 0 fully saturated rings. The number of carbonyl (C=O) groups excluding carboxylic acids is 2. The number of carbonyl (C=O) groups is 2. The quantitative estimate of drug-likeness (QED) is 0.460. The van der Waals surface area contributed by atoms with Crippen LogP contribution in [0, 0.1) is 10.4 Å². The SMILES string of the molecule is O=C1C=C(N([O-])[O-])C=CC1=NN=C1C=C(S(=O)(=O)O)c2ccccc2C1=O. The molecule has 0 saturated carbocycles. The third-order valence-corrected chi connectivity index (χ3v) is 4.53. The van der Waals surface area contributed by atoms with Gasteiger partial charge in [-0.1, -0.05) is 24.3 Å². The first kappa shape index (κ1) is 18.5. The zero-order chi connectivity index (χ0) is 19.8. The van der Waals surface area contributed by atoms with E-state index < -0.39 is 43.2 Å². The molecule has 0 heterocycles. The van der Waals surface area contributed by atoms with Crippen molar-refractivity contribution in [2.75, 3.05) is 0 Å². The highest BCUT2D eigenvalue weighted by molar-refractivity contribution is 7.95. The van der Waals surface area contributed by atoms with Gasteiger partial charge in [0, 0.05) is 22.9 Å². The van der Waals surface area contributed by atoms with Gasteiger partial charge in [-0.05, 0) is 18.2 Å². The van der Waals surface area contributed by atoms with E-state index in [0.29, 0.717) is 0 Å². The molecular weight excluding hydrogens is 378 g/mol. The minimum atomic E-state index is -4.65. The number of benzene rings is 1. The molecule has 0 radical (unpaired) electrons. The summed E-state index contributed by atoms with van der Waals surface area (Å²) < 4.78 is 32.6. The van der Waals surface area contributed by atoms with Gasteiger partial charge in [-0.15, -0.1) is 10.2 Å². The van der Waals surface area contributed by atoms with Crippen LogP contribution in [0.2, 0.25) is 0 Å². The van der Waals surface area contributed by atoms with Crippen LogP contribution in [0.3, 0.4) is 0 Å². The average Bonchev–Trinajstić information content (AvgIpc) is 2.61. The Morgan fingerprint density at radius 3 is 2.15 bits per heavy atom. The molecule has 1 N–H and O–H groups in total. The Kier molecular flexibility index (Phi) is 4.68. The Balaban J connectivity index is 2.04. The molecule has 2 aliphatic rings. The molecule has 0 bridgehead atoms. The second kappa shape index (κ2) is 6.81. The van der Waals surface area contributed by atoms with Crippen molar-refractivity contribution in [1.29, 1.82) is 0 Å². The van der Waals surface area contributed by atoms with Crippen molar-refractivity contribution in [2.45, 2.75) is 0 Å². The van der Waals surface area contributed by atoms with Gasteiger partial charge < -0.3 is 15.6 Å². The zero-order valence-corrected chi connectivity index (χ0v) is 14.1. The largest absolute Gasteiger partial charge is 0.769 e. The third-order valence-electron chi connectivity index (χ3n) is 3.64. The maximum absolute atomic E-state index is 12.5. The predicted octanol–water partition coefficient (Wildman–Crippen LogP) is 1.23. The molecule has 2 aliphatic carbocycles. The molecule has 3 rings (SSSR count). The molecule has 0 unspecified atom stereocenters. The fourth-order valence-corrected chi connectivity index (χ4v) is 3.11. The minimum Gasteiger partial charge on any atom is -0.769 e. The molecule has 0 aromatic heterocycles. The number of ketones is 2. The van der Waals surface area contributed by atoms with Crippen molar-refractivity contribution in [3.8, 4) is 0 Å². The minimum absolute atomic E-state index is 0.00683. The maximum Gasteiger partial charge on any atom is 0.295 e. The average molecular weight is 387 g/mol. The van der Waals surface area contributed by atoms with E-state index in [1.165, 1.54) is 24.3 Å². The number of nitrogens with zero attached hydrogens (tertiary/aromatic N) is 3. The molecule has 1 aromatic rings. The highest BCUT2D eigenvalue weighted by Crippen LogP contribution is 2.29. The second-order valence-corrected chi connectivity index (χ2v) is 6.74. The third kappa shape index (κ3) is 3.66. The van der Waals surface area contributed by atoms with Gasteiger partial charge in [-0.3, -0.25) is 14.1 Å². The first-order valence-corrected chi connectivity index (χ1v) is 8.70. The van der Waals surface area contributed by atoms with Gasteiger partial charge in [0.15, 0.2) is 0 Å². The van der Waals surface area contributed by atoms with Gasteiger partial charge in [0.1, 0.15) is 16.3 Å². The first-order chi connectivity index (χ1) is 12.7. The van der Waals surface area contributed by atoms with E-state index in [2.05, 4.69) is 10.2 Å². The molecule has 0 amide bonds. The van der Waals surface area contributed by atoms with Crippen molar-refractivity contribution in [3.63, 3.8) is 0 Å². The van der Waals surface area contributed by atoms with E-state index in [4.69, 9.17) is 0 Å². The van der Waals surface area contributed by atoms with E-state index in [1.54, 1.807) is 0 Å². The van der Waals surface area contributed by atoms with Gasteiger partial charge in [0.25, 0.3) is 10.1 Å². The van der Waals surface area contributed by atoms with Gasteiger partial charge in [-0.25, -0.2) is 0 Å². The van der Waals surface area contributed by atoms with Crippen LogP contribution in [0.5, 0.6) is 0 Å². The van der Waals surface area contributed by atoms with Crippen LogP contribution < -0.4 is 0 Å². The van der Waals surface area contributed by atoms with Crippen LogP contribution in [-0.2, 0) is 14.9 Å². The summed E-state index contributed by atoms with van der Waals surface area (Å²) in [6.07, 6.45) is 3.69. The van der Waals surface area contributed by atoms with Crippen LogP contribution in [0.4, 0.5) is 0 Å². The number of hydrogen-bond donors (Lipinski definition) is 1. The summed E-state index contributed by atoms with van der Waals surface area (Å²) in [5.41, 5.74) is -1.11. The van der Waals surface area contributed by atoms with Gasteiger partial charge in [0.05, 0.1) is 0 Å². The van der Waals surface area contributed by atoms with Crippen LogP contribution in [0.15, 0.2) is 64.5 Å². The Bertz CT molecular complexity index is 1110. The van der Waals surface area contributed by atoms with Crippen molar-refractivity contribution >= 4 is 38.0 Å². The molecule has 0 spiro atoms. The van der Waals surface area contributed by atoms with Crippen LogP contribution in [0.25, 0.3) is 4.91 Å². The fourth-order valence-electron chi connectivity index (χ4n) is 2.40. The van der Waals surface area contributed by atoms with E-state index in [1.807, 2.05) is 0 Å². The molecule has 10 nitrogen and oxygen atoms in total. The number of hydroxylamine groups is 2. The Morgan fingerprint density at radius 1 is 0.926 bits per heavy atom. The van der Waals surface area contributed by atoms with Gasteiger partial charge in [-0.2, -0.15) is 8.42 Å². The molecule has 1 aromatic carbocycles. The lowest BCUT2D eigenvalue weighted by Gasteiger charge is -2.38. The van der Waals surface area contributed by atoms with Crippen molar-refractivity contribution in [3.05, 3.63) is 75.8 Å².